The Morgan fingerprint density at radius 3 is 2.75 bits per heavy atom. The monoisotopic (exact) mass is 214 g/mol. The number of fused-ring (bicyclic) bond motifs is 1. The molecule has 1 saturated carbocycles. The lowest BCUT2D eigenvalue weighted by molar-refractivity contribution is -0.122. The van der Waals surface area contributed by atoms with Crippen LogP contribution in [0.15, 0.2) is 24.3 Å². The minimum absolute atomic E-state index is 0.219. The van der Waals surface area contributed by atoms with Gasteiger partial charge in [0.05, 0.1) is 0 Å². The summed E-state index contributed by atoms with van der Waals surface area (Å²) < 4.78 is 0. The second kappa shape index (κ2) is 4.04. The van der Waals surface area contributed by atoms with Crippen molar-refractivity contribution in [1.29, 1.82) is 0 Å². The maximum absolute atomic E-state index is 12.2. The molecule has 1 aromatic rings. The van der Waals surface area contributed by atoms with Crippen molar-refractivity contribution in [2.45, 2.75) is 44.4 Å². The molecule has 1 unspecified atom stereocenters. The summed E-state index contributed by atoms with van der Waals surface area (Å²) in [6.07, 6.45) is 6.86. The van der Waals surface area contributed by atoms with Crippen molar-refractivity contribution in [3.63, 3.8) is 0 Å². The molecular formula is C15H18O. The summed E-state index contributed by atoms with van der Waals surface area (Å²) >= 11 is 0. The van der Waals surface area contributed by atoms with Crippen molar-refractivity contribution in [3.05, 3.63) is 35.4 Å². The highest BCUT2D eigenvalue weighted by Gasteiger charge is 2.30. The van der Waals surface area contributed by atoms with Crippen LogP contribution in [-0.4, -0.2) is 5.78 Å². The van der Waals surface area contributed by atoms with E-state index in [0.717, 1.165) is 19.3 Å². The summed E-state index contributed by atoms with van der Waals surface area (Å²) in [4.78, 5) is 12.2. The van der Waals surface area contributed by atoms with Crippen LogP contribution in [0.25, 0.3) is 0 Å². The first kappa shape index (κ1) is 10.1. The molecule has 0 radical (unpaired) electrons. The first-order valence-electron chi connectivity index (χ1n) is 6.45. The molecule has 1 fully saturated rings. The second-order valence-electron chi connectivity index (χ2n) is 5.26. The molecule has 84 valence electrons. The third-order valence-electron chi connectivity index (χ3n) is 4.24. The van der Waals surface area contributed by atoms with Gasteiger partial charge in [-0.2, -0.15) is 0 Å². The number of carbonyl (C=O) groups excluding carboxylic acids is 1. The maximum Gasteiger partial charge on any atom is 0.140 e. The smallest absolute Gasteiger partial charge is 0.140 e. The fourth-order valence-electron chi connectivity index (χ4n) is 3.02. The molecule has 1 nitrogen and oxygen atoms in total. The zero-order valence-corrected chi connectivity index (χ0v) is 9.61. The van der Waals surface area contributed by atoms with E-state index in [-0.39, 0.29) is 5.92 Å². The van der Waals surface area contributed by atoms with Crippen LogP contribution in [0.1, 0.15) is 49.1 Å². The van der Waals surface area contributed by atoms with Crippen LogP contribution in [0.3, 0.4) is 0 Å². The lowest BCUT2D eigenvalue weighted by Gasteiger charge is -2.25. The summed E-state index contributed by atoms with van der Waals surface area (Å²) in [5.41, 5.74) is 2.71. The van der Waals surface area contributed by atoms with Gasteiger partial charge < -0.3 is 0 Å². The molecule has 2 aliphatic rings. The van der Waals surface area contributed by atoms with Crippen molar-refractivity contribution >= 4 is 5.78 Å². The fraction of sp³-hybridized carbons (Fsp3) is 0.533. The van der Waals surface area contributed by atoms with E-state index in [0.29, 0.717) is 11.7 Å². The highest BCUT2D eigenvalue weighted by Crippen LogP contribution is 2.37. The van der Waals surface area contributed by atoms with Gasteiger partial charge in [0.15, 0.2) is 0 Å². The van der Waals surface area contributed by atoms with Crippen LogP contribution in [0.5, 0.6) is 0 Å². The minimum atomic E-state index is 0.219. The van der Waals surface area contributed by atoms with E-state index in [1.165, 1.54) is 30.4 Å². The van der Waals surface area contributed by atoms with Gasteiger partial charge in [0.1, 0.15) is 5.78 Å². The van der Waals surface area contributed by atoms with Gasteiger partial charge in [0.2, 0.25) is 0 Å². The molecule has 0 aliphatic heterocycles. The number of Topliss-reactive ketones (excluding diaryl/α,β-unsaturated/α-hetero) is 1. The van der Waals surface area contributed by atoms with Crippen molar-refractivity contribution in [2.24, 2.45) is 5.92 Å². The number of hydrogen-bond acceptors (Lipinski definition) is 1. The van der Waals surface area contributed by atoms with Gasteiger partial charge in [-0.05, 0) is 29.9 Å². The molecule has 1 aromatic carbocycles. The van der Waals surface area contributed by atoms with Crippen molar-refractivity contribution < 1.29 is 4.79 Å². The van der Waals surface area contributed by atoms with E-state index in [9.17, 15) is 4.79 Å². The van der Waals surface area contributed by atoms with Crippen molar-refractivity contribution in [3.8, 4) is 0 Å². The van der Waals surface area contributed by atoms with E-state index in [4.69, 9.17) is 0 Å². The van der Waals surface area contributed by atoms with E-state index >= 15 is 0 Å². The van der Waals surface area contributed by atoms with Crippen molar-refractivity contribution in [2.75, 3.05) is 0 Å². The Morgan fingerprint density at radius 1 is 1.19 bits per heavy atom. The Hall–Kier alpha value is -1.11. The Bertz CT molecular complexity index is 404. The first-order valence-corrected chi connectivity index (χ1v) is 6.45. The number of ketones is 1. The summed E-state index contributed by atoms with van der Waals surface area (Å²) in [7, 11) is 0. The van der Waals surface area contributed by atoms with Crippen molar-refractivity contribution in [1.82, 2.24) is 0 Å². The number of aryl methyl sites for hydroxylation is 1. The average Bonchev–Trinajstić information content (AvgIpc) is 2.67. The van der Waals surface area contributed by atoms with Crippen LogP contribution < -0.4 is 0 Å². The number of rotatable bonds is 3. The molecule has 1 heteroatoms. The van der Waals surface area contributed by atoms with Crippen LogP contribution in [0.4, 0.5) is 0 Å². The molecule has 0 saturated heterocycles. The Morgan fingerprint density at radius 2 is 2.00 bits per heavy atom. The molecule has 2 aliphatic carbocycles. The Balaban J connectivity index is 1.73. The second-order valence-corrected chi connectivity index (χ2v) is 5.26. The lowest BCUT2D eigenvalue weighted by Crippen LogP contribution is -2.19. The fourth-order valence-corrected chi connectivity index (χ4v) is 3.02. The quantitative estimate of drug-likeness (QED) is 0.753. The molecular weight excluding hydrogens is 196 g/mol. The van der Waals surface area contributed by atoms with E-state index in [2.05, 4.69) is 24.3 Å². The molecule has 0 bridgehead atoms. The van der Waals surface area contributed by atoms with E-state index in [1.54, 1.807) is 0 Å². The predicted molar refractivity (Wildman–Crippen MR) is 64.5 cm³/mol. The Labute approximate surface area is 96.9 Å². The van der Waals surface area contributed by atoms with Gasteiger partial charge in [-0.25, -0.2) is 0 Å². The predicted octanol–water partition coefficient (Wildman–Crippen LogP) is 3.48. The van der Waals surface area contributed by atoms with Gasteiger partial charge in [-0.1, -0.05) is 43.5 Å². The van der Waals surface area contributed by atoms with Gasteiger partial charge in [-0.3, -0.25) is 4.79 Å². The third-order valence-corrected chi connectivity index (χ3v) is 4.24. The zero-order chi connectivity index (χ0) is 11.0. The molecule has 3 rings (SSSR count). The molecule has 0 N–H and O–H groups in total. The lowest BCUT2D eigenvalue weighted by atomic mass is 9.79. The van der Waals surface area contributed by atoms with E-state index < -0.39 is 0 Å². The molecule has 0 aromatic heterocycles. The largest absolute Gasteiger partial charge is 0.299 e. The molecule has 1 atom stereocenters. The number of carbonyl (C=O) groups is 1. The molecule has 16 heavy (non-hydrogen) atoms. The van der Waals surface area contributed by atoms with Gasteiger partial charge in [0.25, 0.3) is 0 Å². The summed E-state index contributed by atoms with van der Waals surface area (Å²) in [6.45, 7) is 0. The van der Waals surface area contributed by atoms with Crippen LogP contribution >= 0.6 is 0 Å². The van der Waals surface area contributed by atoms with Crippen LogP contribution in [0.2, 0.25) is 0 Å². The molecule has 0 amide bonds. The van der Waals surface area contributed by atoms with Crippen LogP contribution in [0, 0.1) is 5.92 Å². The third kappa shape index (κ3) is 1.68. The summed E-state index contributed by atoms with van der Waals surface area (Å²) in [5.74, 6) is 1.42. The first-order chi connectivity index (χ1) is 7.84. The summed E-state index contributed by atoms with van der Waals surface area (Å²) in [6, 6.07) is 8.46. The van der Waals surface area contributed by atoms with E-state index in [1.807, 2.05) is 0 Å². The highest BCUT2D eigenvalue weighted by atomic mass is 16.1. The maximum atomic E-state index is 12.2. The number of hydrogen-bond donors (Lipinski definition) is 0. The zero-order valence-electron chi connectivity index (χ0n) is 9.61. The SMILES string of the molecule is O=C(CC1CCC1)C1CCc2ccccc21. The molecule has 0 heterocycles. The number of benzene rings is 1. The van der Waals surface area contributed by atoms with Crippen LogP contribution in [-0.2, 0) is 11.2 Å². The van der Waals surface area contributed by atoms with Gasteiger partial charge in [-0.15, -0.1) is 0 Å². The topological polar surface area (TPSA) is 17.1 Å². The Kier molecular flexibility index (Phi) is 2.55. The average molecular weight is 214 g/mol. The standard InChI is InChI=1S/C15H18O/c16-15(10-11-4-3-5-11)14-9-8-12-6-1-2-7-13(12)14/h1-2,6-7,11,14H,3-5,8-10H2. The normalized spacial score (nSPS) is 23.9. The van der Waals surface area contributed by atoms with Gasteiger partial charge >= 0.3 is 0 Å². The minimum Gasteiger partial charge on any atom is -0.299 e. The summed E-state index contributed by atoms with van der Waals surface area (Å²) in [5, 5.41) is 0. The highest BCUT2D eigenvalue weighted by molar-refractivity contribution is 5.87. The van der Waals surface area contributed by atoms with Gasteiger partial charge in [0, 0.05) is 12.3 Å². The molecule has 0 spiro atoms.